The zero-order valence-electron chi connectivity index (χ0n) is 12.7. The second-order valence-corrected chi connectivity index (χ2v) is 5.57. The lowest BCUT2D eigenvalue weighted by Gasteiger charge is -2.26. The van der Waals surface area contributed by atoms with Gasteiger partial charge in [-0.25, -0.2) is 0 Å². The third kappa shape index (κ3) is 3.13. The van der Waals surface area contributed by atoms with Gasteiger partial charge in [0.2, 0.25) is 0 Å². The van der Waals surface area contributed by atoms with Gasteiger partial charge in [-0.3, -0.25) is 0 Å². The van der Waals surface area contributed by atoms with Gasteiger partial charge in [0.25, 0.3) is 0 Å². The van der Waals surface area contributed by atoms with Gasteiger partial charge < -0.3 is 18.9 Å². The summed E-state index contributed by atoms with van der Waals surface area (Å²) in [6.45, 7) is 9.79. The van der Waals surface area contributed by atoms with Gasteiger partial charge in [-0.1, -0.05) is 27.7 Å². The quantitative estimate of drug-likeness (QED) is 0.744. The SMILES string of the molecule is CCC1(CC)OC[C@@H](C[C@@H]2COC(CC)(CC)O2)O1. The molecular formula is C15H28O4. The molecule has 2 aliphatic heterocycles. The van der Waals surface area contributed by atoms with Crippen LogP contribution in [0.2, 0.25) is 0 Å². The van der Waals surface area contributed by atoms with E-state index in [1.165, 1.54) is 0 Å². The molecule has 4 nitrogen and oxygen atoms in total. The molecule has 2 heterocycles. The zero-order chi connectivity index (χ0) is 13.9. The van der Waals surface area contributed by atoms with Crippen molar-refractivity contribution in [2.75, 3.05) is 13.2 Å². The molecule has 0 aromatic carbocycles. The third-order valence-corrected chi connectivity index (χ3v) is 4.51. The van der Waals surface area contributed by atoms with Gasteiger partial charge in [-0.05, 0) is 25.7 Å². The van der Waals surface area contributed by atoms with E-state index in [1.54, 1.807) is 0 Å². The third-order valence-electron chi connectivity index (χ3n) is 4.51. The predicted molar refractivity (Wildman–Crippen MR) is 72.9 cm³/mol. The Kier molecular flexibility index (Phi) is 4.88. The molecule has 112 valence electrons. The largest absolute Gasteiger partial charge is 0.347 e. The summed E-state index contributed by atoms with van der Waals surface area (Å²) in [6.07, 6.45) is 4.73. The van der Waals surface area contributed by atoms with Crippen LogP contribution in [0.5, 0.6) is 0 Å². The van der Waals surface area contributed by atoms with Crippen molar-refractivity contribution in [3.63, 3.8) is 0 Å². The Bertz CT molecular complexity index is 256. The summed E-state index contributed by atoms with van der Waals surface area (Å²) in [5.74, 6) is -0.729. The molecule has 0 aliphatic carbocycles. The van der Waals surface area contributed by atoms with Crippen molar-refractivity contribution < 1.29 is 18.9 Å². The van der Waals surface area contributed by atoms with Crippen molar-refractivity contribution in [1.29, 1.82) is 0 Å². The Balaban J connectivity index is 1.84. The first-order valence-electron chi connectivity index (χ1n) is 7.74. The van der Waals surface area contributed by atoms with Crippen molar-refractivity contribution in [2.24, 2.45) is 0 Å². The first kappa shape index (κ1) is 15.2. The van der Waals surface area contributed by atoms with Crippen LogP contribution in [0.25, 0.3) is 0 Å². The lowest BCUT2D eigenvalue weighted by atomic mass is 10.1. The molecule has 0 aromatic rings. The summed E-state index contributed by atoms with van der Waals surface area (Å²) in [5.41, 5.74) is 0. The highest BCUT2D eigenvalue weighted by molar-refractivity contribution is 4.83. The Hall–Kier alpha value is -0.160. The normalized spacial score (nSPS) is 32.8. The number of hydrogen-bond acceptors (Lipinski definition) is 4. The van der Waals surface area contributed by atoms with E-state index in [9.17, 15) is 0 Å². The highest BCUT2D eigenvalue weighted by atomic mass is 16.8. The monoisotopic (exact) mass is 272 g/mol. The minimum absolute atomic E-state index is 0.137. The molecule has 0 amide bonds. The van der Waals surface area contributed by atoms with E-state index in [-0.39, 0.29) is 23.8 Å². The fourth-order valence-electron chi connectivity index (χ4n) is 3.00. The molecule has 2 fully saturated rings. The van der Waals surface area contributed by atoms with Gasteiger partial charge >= 0.3 is 0 Å². The van der Waals surface area contributed by atoms with Crippen LogP contribution in [0.3, 0.4) is 0 Å². The van der Waals surface area contributed by atoms with Crippen molar-refractivity contribution in [3.8, 4) is 0 Å². The molecule has 2 aliphatic rings. The lowest BCUT2D eigenvalue weighted by Crippen LogP contribution is -2.31. The van der Waals surface area contributed by atoms with Crippen LogP contribution in [-0.4, -0.2) is 37.0 Å². The van der Waals surface area contributed by atoms with E-state index in [2.05, 4.69) is 27.7 Å². The summed E-state index contributed by atoms with van der Waals surface area (Å²) in [5, 5.41) is 0. The average Bonchev–Trinajstić information content (AvgIpc) is 3.05. The molecule has 0 radical (unpaired) electrons. The topological polar surface area (TPSA) is 36.9 Å². The van der Waals surface area contributed by atoms with Gasteiger partial charge in [-0.2, -0.15) is 0 Å². The van der Waals surface area contributed by atoms with Crippen LogP contribution in [0, 0.1) is 0 Å². The molecule has 2 saturated heterocycles. The van der Waals surface area contributed by atoms with E-state index in [4.69, 9.17) is 18.9 Å². The average molecular weight is 272 g/mol. The maximum atomic E-state index is 6.09. The van der Waals surface area contributed by atoms with E-state index in [0.29, 0.717) is 13.2 Å². The number of hydrogen-bond donors (Lipinski definition) is 0. The minimum atomic E-state index is -0.364. The standard InChI is InChI=1S/C15H28O4/c1-5-14(6-2)16-10-12(18-14)9-13-11-17-15(7-3,8-4)19-13/h12-13H,5-11H2,1-4H3/t12-,13-/m1/s1. The molecule has 0 N–H and O–H groups in total. The fourth-order valence-corrected chi connectivity index (χ4v) is 3.00. The summed E-state index contributed by atoms with van der Waals surface area (Å²) < 4.78 is 23.9. The molecule has 0 unspecified atom stereocenters. The Morgan fingerprint density at radius 3 is 1.37 bits per heavy atom. The van der Waals surface area contributed by atoms with Crippen molar-refractivity contribution >= 4 is 0 Å². The van der Waals surface area contributed by atoms with Crippen molar-refractivity contribution in [3.05, 3.63) is 0 Å². The van der Waals surface area contributed by atoms with E-state index in [0.717, 1.165) is 32.1 Å². The van der Waals surface area contributed by atoms with Crippen molar-refractivity contribution in [1.82, 2.24) is 0 Å². The maximum Gasteiger partial charge on any atom is 0.168 e. The highest BCUT2D eigenvalue weighted by Gasteiger charge is 2.43. The van der Waals surface area contributed by atoms with Gasteiger partial charge in [0.05, 0.1) is 25.4 Å². The minimum Gasteiger partial charge on any atom is -0.347 e. The molecular weight excluding hydrogens is 244 g/mol. The van der Waals surface area contributed by atoms with Crippen LogP contribution in [0.4, 0.5) is 0 Å². The van der Waals surface area contributed by atoms with Crippen LogP contribution >= 0.6 is 0 Å². The summed E-state index contributed by atoms with van der Waals surface area (Å²) in [7, 11) is 0. The molecule has 2 rings (SSSR count). The van der Waals surface area contributed by atoms with E-state index >= 15 is 0 Å². The second-order valence-electron chi connectivity index (χ2n) is 5.57. The molecule has 19 heavy (non-hydrogen) atoms. The van der Waals surface area contributed by atoms with Gasteiger partial charge in [0.1, 0.15) is 0 Å². The Morgan fingerprint density at radius 1 is 0.737 bits per heavy atom. The Morgan fingerprint density at radius 2 is 1.11 bits per heavy atom. The van der Waals surface area contributed by atoms with Gasteiger partial charge in [0.15, 0.2) is 11.6 Å². The zero-order valence-corrected chi connectivity index (χ0v) is 12.7. The van der Waals surface area contributed by atoms with Crippen LogP contribution in [0.1, 0.15) is 59.8 Å². The van der Waals surface area contributed by atoms with Crippen LogP contribution in [0.15, 0.2) is 0 Å². The Labute approximate surface area is 116 Å². The summed E-state index contributed by atoms with van der Waals surface area (Å²) in [6, 6.07) is 0. The molecule has 4 heteroatoms. The molecule has 0 aromatic heterocycles. The highest BCUT2D eigenvalue weighted by Crippen LogP contribution is 2.36. The maximum absolute atomic E-state index is 6.09. The fraction of sp³-hybridized carbons (Fsp3) is 1.00. The molecule has 2 atom stereocenters. The van der Waals surface area contributed by atoms with Crippen LogP contribution in [-0.2, 0) is 18.9 Å². The second kappa shape index (κ2) is 6.08. The van der Waals surface area contributed by atoms with E-state index < -0.39 is 0 Å². The lowest BCUT2D eigenvalue weighted by molar-refractivity contribution is -0.184. The first-order chi connectivity index (χ1) is 9.11. The molecule has 0 saturated carbocycles. The smallest absolute Gasteiger partial charge is 0.168 e. The predicted octanol–water partition coefficient (Wildman–Crippen LogP) is 3.24. The number of rotatable bonds is 6. The first-order valence-corrected chi connectivity index (χ1v) is 7.74. The molecule has 0 spiro atoms. The van der Waals surface area contributed by atoms with Crippen LogP contribution < -0.4 is 0 Å². The summed E-state index contributed by atoms with van der Waals surface area (Å²) in [4.78, 5) is 0. The van der Waals surface area contributed by atoms with Crippen molar-refractivity contribution in [2.45, 2.75) is 83.6 Å². The number of ether oxygens (including phenoxy) is 4. The van der Waals surface area contributed by atoms with Gasteiger partial charge in [0, 0.05) is 6.42 Å². The van der Waals surface area contributed by atoms with E-state index in [1.807, 2.05) is 0 Å². The summed E-state index contributed by atoms with van der Waals surface area (Å²) >= 11 is 0. The van der Waals surface area contributed by atoms with Gasteiger partial charge in [-0.15, -0.1) is 0 Å². The molecule has 0 bridgehead atoms.